The maximum absolute atomic E-state index is 15.5. The highest BCUT2D eigenvalue weighted by atomic mass is 19.4. The highest BCUT2D eigenvalue weighted by Gasteiger charge is 2.35. The third-order valence-electron chi connectivity index (χ3n) is 10.7. The van der Waals surface area contributed by atoms with Gasteiger partial charge in [-0.15, -0.1) is 0 Å². The lowest BCUT2D eigenvalue weighted by Gasteiger charge is -2.21. The summed E-state index contributed by atoms with van der Waals surface area (Å²) in [4.78, 5) is 20.2. The number of nitrogens with zero attached hydrogens (tertiary/aromatic N) is 6. The normalized spacial score (nSPS) is 11.5. The molecule has 3 aromatic heterocycles. The molecule has 0 aliphatic heterocycles. The monoisotopic (exact) mass is 796 g/mol. The fourth-order valence-electron chi connectivity index (χ4n) is 7.83. The first-order valence-electron chi connectivity index (χ1n) is 19.5. The number of para-hydroxylation sites is 1. The van der Waals surface area contributed by atoms with Crippen molar-refractivity contribution in [1.82, 2.24) is 24.5 Å². The highest BCUT2D eigenvalue weighted by molar-refractivity contribution is 6.11. The number of hydrogen-bond donors (Lipinski definition) is 0. The highest BCUT2D eigenvalue weighted by Crippen LogP contribution is 2.45. The third-order valence-corrected chi connectivity index (χ3v) is 10.7. The van der Waals surface area contributed by atoms with Gasteiger partial charge in [-0.2, -0.15) is 18.4 Å². The summed E-state index contributed by atoms with van der Waals surface area (Å²) in [5.41, 5.74) is 6.50. The molecule has 0 spiro atoms. The van der Waals surface area contributed by atoms with Crippen molar-refractivity contribution in [2.24, 2.45) is 0 Å². The van der Waals surface area contributed by atoms with Crippen molar-refractivity contribution >= 4 is 21.8 Å². The molecule has 0 saturated heterocycles. The molecule has 0 aliphatic rings. The molecule has 9 heteroatoms. The van der Waals surface area contributed by atoms with Gasteiger partial charge in [-0.05, 0) is 48.5 Å². The van der Waals surface area contributed by atoms with Crippen molar-refractivity contribution in [2.75, 3.05) is 0 Å². The average Bonchev–Trinajstić information content (AvgIpc) is 3.64. The Labute approximate surface area is 348 Å². The number of fused-ring (bicyclic) bond motifs is 3. The molecule has 7 aromatic carbocycles. The molecule has 0 radical (unpaired) electrons. The molecule has 0 saturated carbocycles. The van der Waals surface area contributed by atoms with Crippen LogP contribution < -0.4 is 0 Å². The topological polar surface area (TPSA) is 80.3 Å². The van der Waals surface area contributed by atoms with Gasteiger partial charge in [-0.25, -0.2) is 19.9 Å². The van der Waals surface area contributed by atoms with Crippen LogP contribution in [0.2, 0.25) is 0 Å². The van der Waals surface area contributed by atoms with Crippen LogP contribution in [-0.4, -0.2) is 24.5 Å². The van der Waals surface area contributed by atoms with Gasteiger partial charge in [0.1, 0.15) is 0 Å². The lowest BCUT2D eigenvalue weighted by atomic mass is 9.96. The number of halogens is 3. The van der Waals surface area contributed by atoms with Crippen LogP contribution >= 0.6 is 0 Å². The molecule has 0 fully saturated rings. The molecule has 0 aliphatic carbocycles. The molecule has 10 rings (SSSR count). The lowest BCUT2D eigenvalue weighted by Crippen LogP contribution is -2.11. The summed E-state index contributed by atoms with van der Waals surface area (Å²) in [6.07, 6.45) is -4.78. The second kappa shape index (κ2) is 15.2. The summed E-state index contributed by atoms with van der Waals surface area (Å²) in [7, 11) is 0. The van der Waals surface area contributed by atoms with E-state index in [0.717, 1.165) is 39.6 Å². The van der Waals surface area contributed by atoms with E-state index >= 15 is 13.2 Å². The fraction of sp³-hybridized carbons (Fsp3) is 0.0192. The zero-order chi connectivity index (χ0) is 41.5. The smallest absolute Gasteiger partial charge is 0.308 e. The van der Waals surface area contributed by atoms with Gasteiger partial charge in [0.2, 0.25) is 0 Å². The summed E-state index contributed by atoms with van der Waals surface area (Å²) >= 11 is 0. The van der Waals surface area contributed by atoms with Crippen molar-refractivity contribution < 1.29 is 13.2 Å². The van der Waals surface area contributed by atoms with Crippen molar-refractivity contribution in [3.8, 4) is 79.6 Å². The summed E-state index contributed by atoms with van der Waals surface area (Å²) in [5.74, 6) is 0.430. The van der Waals surface area contributed by atoms with Crippen LogP contribution in [0.5, 0.6) is 0 Å². The SMILES string of the molecule is N#Cc1ccc2c(c1)c1ccccc1n2-c1c(-c2cc(-c3ccccc3)nc(-c3ccccc3)n2)cc(C(F)(F)F)cc1-c1nc(-c2ccccc2)cc(-c2ccccc2)n1. The first-order valence-corrected chi connectivity index (χ1v) is 19.5. The Morgan fingerprint density at radius 1 is 0.426 bits per heavy atom. The summed E-state index contributed by atoms with van der Waals surface area (Å²) < 4.78 is 48.5. The van der Waals surface area contributed by atoms with E-state index in [-0.39, 0.29) is 22.6 Å². The largest absolute Gasteiger partial charge is 0.416 e. The van der Waals surface area contributed by atoms with Gasteiger partial charge in [0, 0.05) is 44.2 Å². The van der Waals surface area contributed by atoms with Crippen LogP contribution in [0.3, 0.4) is 0 Å². The molecular formula is C52H31F3N6. The minimum Gasteiger partial charge on any atom is -0.308 e. The van der Waals surface area contributed by atoms with Crippen LogP contribution in [0.15, 0.2) is 188 Å². The predicted molar refractivity (Wildman–Crippen MR) is 234 cm³/mol. The van der Waals surface area contributed by atoms with E-state index in [2.05, 4.69) is 6.07 Å². The maximum Gasteiger partial charge on any atom is 0.416 e. The quantitative estimate of drug-likeness (QED) is 0.160. The van der Waals surface area contributed by atoms with Crippen molar-refractivity contribution in [2.45, 2.75) is 6.18 Å². The van der Waals surface area contributed by atoms with E-state index in [0.29, 0.717) is 50.8 Å². The number of alkyl halides is 3. The van der Waals surface area contributed by atoms with E-state index in [1.54, 1.807) is 12.1 Å². The van der Waals surface area contributed by atoms with E-state index in [4.69, 9.17) is 19.9 Å². The molecule has 6 nitrogen and oxygen atoms in total. The van der Waals surface area contributed by atoms with Crippen LogP contribution in [0, 0.1) is 11.3 Å². The Morgan fingerprint density at radius 2 is 0.885 bits per heavy atom. The molecular weight excluding hydrogens is 766 g/mol. The second-order valence-electron chi connectivity index (χ2n) is 14.5. The Morgan fingerprint density at radius 3 is 1.44 bits per heavy atom. The predicted octanol–water partition coefficient (Wildman–Crippen LogP) is 13.3. The van der Waals surface area contributed by atoms with Crippen LogP contribution in [0.1, 0.15) is 11.1 Å². The molecule has 0 bridgehead atoms. The Balaban J connectivity index is 1.39. The van der Waals surface area contributed by atoms with Crippen molar-refractivity contribution in [3.63, 3.8) is 0 Å². The fourth-order valence-corrected chi connectivity index (χ4v) is 7.83. The maximum atomic E-state index is 15.5. The molecule has 3 heterocycles. The van der Waals surface area contributed by atoms with Gasteiger partial charge in [-0.1, -0.05) is 140 Å². The number of rotatable bonds is 7. The zero-order valence-corrected chi connectivity index (χ0v) is 32.2. The third kappa shape index (κ3) is 6.96. The number of benzene rings is 7. The summed E-state index contributed by atoms with van der Waals surface area (Å²) in [6.45, 7) is 0. The minimum atomic E-state index is -4.78. The van der Waals surface area contributed by atoms with Gasteiger partial charge < -0.3 is 4.57 Å². The molecule has 0 N–H and O–H groups in total. The molecule has 0 atom stereocenters. The summed E-state index contributed by atoms with van der Waals surface area (Å²) in [5, 5.41) is 11.5. The first kappa shape index (κ1) is 37.1. The molecule has 0 unspecified atom stereocenters. The van der Waals surface area contributed by atoms with Crippen molar-refractivity contribution in [1.29, 1.82) is 5.26 Å². The molecule has 0 amide bonds. The van der Waals surface area contributed by atoms with E-state index < -0.39 is 11.7 Å². The van der Waals surface area contributed by atoms with Crippen LogP contribution in [0.25, 0.3) is 95.3 Å². The van der Waals surface area contributed by atoms with Crippen molar-refractivity contribution in [3.05, 3.63) is 199 Å². The van der Waals surface area contributed by atoms with E-state index in [1.807, 2.05) is 168 Å². The lowest BCUT2D eigenvalue weighted by molar-refractivity contribution is -0.137. The Hall–Kier alpha value is -8.22. The molecule has 61 heavy (non-hydrogen) atoms. The zero-order valence-electron chi connectivity index (χ0n) is 32.2. The molecule has 290 valence electrons. The van der Waals surface area contributed by atoms with Crippen LogP contribution in [0.4, 0.5) is 13.2 Å². The van der Waals surface area contributed by atoms with E-state index in [1.165, 1.54) is 0 Å². The van der Waals surface area contributed by atoms with Gasteiger partial charge in [0.05, 0.1) is 56.7 Å². The summed E-state index contributed by atoms with van der Waals surface area (Å²) in [6, 6.07) is 59.1. The number of hydrogen-bond acceptors (Lipinski definition) is 5. The Kier molecular flexibility index (Phi) is 9.23. The number of nitriles is 1. The van der Waals surface area contributed by atoms with E-state index in [9.17, 15) is 5.26 Å². The molecule has 10 aromatic rings. The van der Waals surface area contributed by atoms with Gasteiger partial charge in [0.25, 0.3) is 0 Å². The minimum absolute atomic E-state index is 0.0859. The Bertz CT molecular complexity index is 3020. The second-order valence-corrected chi connectivity index (χ2v) is 14.5. The van der Waals surface area contributed by atoms with Gasteiger partial charge >= 0.3 is 6.18 Å². The number of aromatic nitrogens is 5. The van der Waals surface area contributed by atoms with Gasteiger partial charge in [-0.3, -0.25) is 0 Å². The average molecular weight is 797 g/mol. The van der Waals surface area contributed by atoms with Gasteiger partial charge in [0.15, 0.2) is 11.6 Å². The first-order chi connectivity index (χ1) is 29.8. The van der Waals surface area contributed by atoms with Crippen LogP contribution in [-0.2, 0) is 6.18 Å². The standard InChI is InChI=1S/C52H31F3N6/c53-52(54,55)38-28-41(46-31-45(36-19-9-3-10-20-36)57-50(60-46)37-21-11-4-12-22-37)49(61-47-24-14-13-23-39(47)40-27-33(32-56)25-26-48(40)61)42(29-38)51-58-43(34-15-5-1-6-16-34)30-44(59-51)35-17-7-2-8-18-35/h1-31H.